The molecule has 0 aliphatic carbocycles. The van der Waals surface area contributed by atoms with Crippen molar-refractivity contribution in [3.05, 3.63) is 57.5 Å². The van der Waals surface area contributed by atoms with Gasteiger partial charge in [-0.1, -0.05) is 11.6 Å². The van der Waals surface area contributed by atoms with Crippen LogP contribution in [0.4, 0.5) is 0 Å². The Morgan fingerprint density at radius 1 is 1.29 bits per heavy atom. The van der Waals surface area contributed by atoms with Crippen molar-refractivity contribution in [2.75, 3.05) is 7.05 Å². The highest BCUT2D eigenvalue weighted by atomic mass is 16.4. The Kier molecular flexibility index (Phi) is 3.92. The first kappa shape index (κ1) is 15.9. The minimum absolute atomic E-state index is 0.120. The van der Waals surface area contributed by atoms with Gasteiger partial charge in [-0.25, -0.2) is 0 Å². The van der Waals surface area contributed by atoms with E-state index in [9.17, 15) is 9.59 Å². The second kappa shape index (κ2) is 5.92. The lowest BCUT2D eigenvalue weighted by atomic mass is 10.1. The number of nitrogens with zero attached hydrogens (tertiary/aromatic N) is 4. The Balaban J connectivity index is 2.00. The number of carbonyl (C=O) groups is 1. The van der Waals surface area contributed by atoms with Crippen molar-refractivity contribution in [3.8, 4) is 0 Å². The van der Waals surface area contributed by atoms with Crippen molar-refractivity contribution >= 4 is 16.8 Å². The molecule has 0 aliphatic rings. The van der Waals surface area contributed by atoms with Crippen LogP contribution in [0, 0.1) is 13.8 Å². The predicted molar refractivity (Wildman–Crippen MR) is 88.8 cm³/mol. The largest absolute Gasteiger partial charge is 0.424 e. The van der Waals surface area contributed by atoms with E-state index in [1.807, 2.05) is 26.1 Å². The smallest absolute Gasteiger partial charge is 0.259 e. The highest BCUT2D eigenvalue weighted by Crippen LogP contribution is 2.14. The fraction of sp³-hybridized carbons (Fsp3) is 0.294. The summed E-state index contributed by atoms with van der Waals surface area (Å²) in [7, 11) is 3.41. The molecule has 0 saturated heterocycles. The van der Waals surface area contributed by atoms with E-state index < -0.39 is 0 Å². The average Bonchev–Trinajstić information content (AvgIpc) is 2.95. The number of rotatable bonds is 3. The number of hydrogen-bond donors (Lipinski definition) is 0. The van der Waals surface area contributed by atoms with Gasteiger partial charge in [0, 0.05) is 32.6 Å². The van der Waals surface area contributed by atoms with Crippen LogP contribution >= 0.6 is 0 Å². The minimum Gasteiger partial charge on any atom is -0.424 e. The lowest BCUT2D eigenvalue weighted by Crippen LogP contribution is -2.31. The van der Waals surface area contributed by atoms with Crippen molar-refractivity contribution in [2.45, 2.75) is 20.4 Å². The van der Waals surface area contributed by atoms with Crippen LogP contribution < -0.4 is 5.43 Å². The molecule has 124 valence electrons. The van der Waals surface area contributed by atoms with E-state index in [0.717, 1.165) is 11.1 Å². The van der Waals surface area contributed by atoms with Crippen LogP contribution in [-0.2, 0) is 13.6 Å². The van der Waals surface area contributed by atoms with Crippen molar-refractivity contribution < 1.29 is 9.21 Å². The molecule has 1 aromatic carbocycles. The van der Waals surface area contributed by atoms with Crippen molar-refractivity contribution in [3.63, 3.8) is 0 Å². The van der Waals surface area contributed by atoms with E-state index in [-0.39, 0.29) is 23.4 Å². The van der Waals surface area contributed by atoms with Crippen LogP contribution in [0.25, 0.3) is 10.9 Å². The lowest BCUT2D eigenvalue weighted by Gasteiger charge is -2.16. The fourth-order valence-corrected chi connectivity index (χ4v) is 2.64. The van der Waals surface area contributed by atoms with E-state index in [2.05, 4.69) is 10.2 Å². The second-order valence-corrected chi connectivity index (χ2v) is 5.88. The Morgan fingerprint density at radius 3 is 2.71 bits per heavy atom. The average molecular weight is 326 g/mol. The van der Waals surface area contributed by atoms with Gasteiger partial charge in [0.1, 0.15) is 5.56 Å². The molecule has 3 rings (SSSR count). The van der Waals surface area contributed by atoms with Gasteiger partial charge < -0.3 is 13.9 Å². The summed E-state index contributed by atoms with van der Waals surface area (Å²) in [4.78, 5) is 26.8. The molecular weight excluding hydrogens is 308 g/mol. The highest BCUT2D eigenvalue weighted by Gasteiger charge is 2.20. The lowest BCUT2D eigenvalue weighted by molar-refractivity contribution is 0.0770. The third-order valence-electron chi connectivity index (χ3n) is 3.86. The quantitative estimate of drug-likeness (QED) is 0.733. The molecule has 0 aliphatic heterocycles. The van der Waals surface area contributed by atoms with Gasteiger partial charge in [0.05, 0.1) is 12.1 Å². The molecule has 0 bridgehead atoms. The van der Waals surface area contributed by atoms with Crippen molar-refractivity contribution in [1.82, 2.24) is 19.7 Å². The summed E-state index contributed by atoms with van der Waals surface area (Å²) < 4.78 is 7.07. The predicted octanol–water partition coefficient (Wildman–Crippen LogP) is 1.81. The molecule has 7 heteroatoms. The van der Waals surface area contributed by atoms with Gasteiger partial charge in [0.25, 0.3) is 5.91 Å². The molecule has 0 spiro atoms. The summed E-state index contributed by atoms with van der Waals surface area (Å²) in [5.74, 6) is 0.384. The highest BCUT2D eigenvalue weighted by molar-refractivity contribution is 5.97. The molecule has 0 N–H and O–H groups in total. The monoisotopic (exact) mass is 326 g/mol. The van der Waals surface area contributed by atoms with Crippen LogP contribution in [0.1, 0.15) is 27.7 Å². The number of aryl methyl sites for hydroxylation is 3. The number of aromatic nitrogens is 3. The molecule has 3 aromatic rings. The van der Waals surface area contributed by atoms with Gasteiger partial charge in [0.2, 0.25) is 17.2 Å². The number of amides is 1. The molecule has 7 nitrogen and oxygen atoms in total. The second-order valence-electron chi connectivity index (χ2n) is 5.88. The van der Waals surface area contributed by atoms with E-state index >= 15 is 0 Å². The summed E-state index contributed by atoms with van der Waals surface area (Å²) in [6.07, 6.45) is 1.57. The zero-order valence-electron chi connectivity index (χ0n) is 14.0. The van der Waals surface area contributed by atoms with Gasteiger partial charge in [-0.3, -0.25) is 9.59 Å². The van der Waals surface area contributed by atoms with E-state index in [1.54, 1.807) is 30.8 Å². The van der Waals surface area contributed by atoms with Crippen LogP contribution in [0.15, 0.2) is 33.6 Å². The van der Waals surface area contributed by atoms with Crippen molar-refractivity contribution in [1.29, 1.82) is 0 Å². The topological polar surface area (TPSA) is 81.2 Å². The minimum atomic E-state index is -0.380. The maximum atomic E-state index is 12.7. The van der Waals surface area contributed by atoms with Gasteiger partial charge in [-0.15, -0.1) is 10.2 Å². The maximum Gasteiger partial charge on any atom is 0.259 e. The fourth-order valence-electron chi connectivity index (χ4n) is 2.64. The summed E-state index contributed by atoms with van der Waals surface area (Å²) in [5.41, 5.74) is 1.61. The first-order chi connectivity index (χ1) is 11.4. The normalized spacial score (nSPS) is 11.0. The molecule has 2 heterocycles. The maximum absolute atomic E-state index is 12.7. The van der Waals surface area contributed by atoms with Crippen LogP contribution in [0.5, 0.6) is 0 Å². The summed E-state index contributed by atoms with van der Waals surface area (Å²) in [5, 5.41) is 8.14. The number of carbonyl (C=O) groups excluding carboxylic acids is 1. The zero-order valence-corrected chi connectivity index (χ0v) is 14.0. The number of pyridine rings is 1. The Labute approximate surface area is 138 Å². The molecule has 0 unspecified atom stereocenters. The molecule has 24 heavy (non-hydrogen) atoms. The third-order valence-corrected chi connectivity index (χ3v) is 3.86. The Hall–Kier alpha value is -2.96. The van der Waals surface area contributed by atoms with Crippen LogP contribution in [0.2, 0.25) is 0 Å². The summed E-state index contributed by atoms with van der Waals surface area (Å²) >= 11 is 0. The van der Waals surface area contributed by atoms with E-state index in [1.165, 1.54) is 4.90 Å². The first-order valence-electron chi connectivity index (χ1n) is 7.51. The van der Waals surface area contributed by atoms with Crippen LogP contribution in [0.3, 0.4) is 0 Å². The van der Waals surface area contributed by atoms with Gasteiger partial charge >= 0.3 is 0 Å². The zero-order chi connectivity index (χ0) is 17.4. The van der Waals surface area contributed by atoms with Gasteiger partial charge in [-0.05, 0) is 19.1 Å². The van der Waals surface area contributed by atoms with E-state index in [0.29, 0.717) is 17.2 Å². The first-order valence-corrected chi connectivity index (χ1v) is 7.51. The standard InChI is InChI=1S/C17H18N4O3/c1-10-5-6-14-12(7-10)16(22)13(8-20(14)3)17(23)21(4)9-15-19-18-11(2)24-15/h5-8H,9H2,1-4H3. The van der Waals surface area contributed by atoms with E-state index in [4.69, 9.17) is 4.42 Å². The number of fused-ring (bicyclic) bond motifs is 1. The number of benzene rings is 1. The Bertz CT molecular complexity index is 987. The molecule has 0 saturated carbocycles. The van der Waals surface area contributed by atoms with Crippen molar-refractivity contribution in [2.24, 2.45) is 7.05 Å². The molecule has 2 aromatic heterocycles. The van der Waals surface area contributed by atoms with Gasteiger partial charge in [-0.2, -0.15) is 0 Å². The molecule has 0 atom stereocenters. The molecule has 0 radical (unpaired) electrons. The van der Waals surface area contributed by atoms with Crippen LogP contribution in [-0.4, -0.2) is 32.6 Å². The molecular formula is C17H18N4O3. The molecule has 0 fully saturated rings. The van der Waals surface area contributed by atoms with Gasteiger partial charge in [0.15, 0.2) is 0 Å². The third kappa shape index (κ3) is 2.80. The summed E-state index contributed by atoms with van der Waals surface area (Å²) in [6, 6.07) is 5.62. The SMILES string of the molecule is Cc1ccc2c(c1)c(=O)c(C(=O)N(C)Cc1nnc(C)o1)cn2C. The number of hydrogen-bond acceptors (Lipinski definition) is 5. The molecule has 1 amide bonds. The summed E-state index contributed by atoms with van der Waals surface area (Å²) in [6.45, 7) is 3.74. The Morgan fingerprint density at radius 2 is 2.04 bits per heavy atom.